The van der Waals surface area contributed by atoms with E-state index in [0.29, 0.717) is 29.0 Å². The van der Waals surface area contributed by atoms with Crippen molar-refractivity contribution in [2.24, 2.45) is 7.05 Å². The van der Waals surface area contributed by atoms with Gasteiger partial charge in [-0.1, -0.05) is 35.5 Å². The van der Waals surface area contributed by atoms with Crippen molar-refractivity contribution >= 4 is 35.0 Å². The number of halogens is 1. The van der Waals surface area contributed by atoms with Crippen molar-refractivity contribution in [1.29, 1.82) is 0 Å². The predicted molar refractivity (Wildman–Crippen MR) is 128 cm³/mol. The van der Waals surface area contributed by atoms with Gasteiger partial charge in [-0.05, 0) is 63.1 Å². The Morgan fingerprint density at radius 3 is 2.59 bits per heavy atom. The van der Waals surface area contributed by atoms with E-state index in [1.807, 2.05) is 75.7 Å². The molecule has 2 aromatic carbocycles. The van der Waals surface area contributed by atoms with Crippen LogP contribution in [0.25, 0.3) is 0 Å². The van der Waals surface area contributed by atoms with E-state index in [1.165, 1.54) is 11.8 Å². The topological polar surface area (TPSA) is 78.3 Å². The van der Waals surface area contributed by atoms with E-state index < -0.39 is 0 Å². The third kappa shape index (κ3) is 5.75. The highest BCUT2D eigenvalue weighted by molar-refractivity contribution is 7.99. The summed E-state index contributed by atoms with van der Waals surface area (Å²) in [5.41, 5.74) is 2.56. The highest BCUT2D eigenvalue weighted by Gasteiger charge is 2.19. The van der Waals surface area contributed by atoms with Crippen LogP contribution in [0.3, 0.4) is 0 Å². The molecule has 1 amide bonds. The first-order valence-electron chi connectivity index (χ1n) is 10.3. The van der Waals surface area contributed by atoms with Crippen molar-refractivity contribution in [3.05, 3.63) is 58.4 Å². The number of benzene rings is 2. The Kier molecular flexibility index (Phi) is 8.04. The average molecular weight is 475 g/mol. The normalized spacial score (nSPS) is 11.8. The van der Waals surface area contributed by atoms with E-state index in [9.17, 15) is 4.79 Å². The molecule has 0 fully saturated rings. The molecule has 0 aliphatic carbocycles. The Labute approximate surface area is 197 Å². The summed E-state index contributed by atoms with van der Waals surface area (Å²) in [6.07, 6.45) is -0.325. The fourth-order valence-electron chi connectivity index (χ4n) is 3.20. The van der Waals surface area contributed by atoms with Crippen LogP contribution in [-0.2, 0) is 11.8 Å². The Balaban J connectivity index is 1.62. The van der Waals surface area contributed by atoms with E-state index in [2.05, 4.69) is 15.5 Å². The summed E-state index contributed by atoms with van der Waals surface area (Å²) < 4.78 is 13.5. The molecule has 1 heterocycles. The third-order valence-corrected chi connectivity index (χ3v) is 6.36. The zero-order chi connectivity index (χ0) is 23.3. The number of para-hydroxylation sites is 2. The van der Waals surface area contributed by atoms with Crippen LogP contribution in [0, 0.1) is 13.8 Å². The molecule has 0 spiro atoms. The lowest BCUT2D eigenvalue weighted by molar-refractivity contribution is -0.113. The minimum Gasteiger partial charge on any atom is -0.492 e. The van der Waals surface area contributed by atoms with Gasteiger partial charge in [-0.2, -0.15) is 0 Å². The van der Waals surface area contributed by atoms with E-state index in [1.54, 1.807) is 0 Å². The predicted octanol–water partition coefficient (Wildman–Crippen LogP) is 5.35. The number of carbonyl (C=O) groups is 1. The zero-order valence-electron chi connectivity index (χ0n) is 18.8. The van der Waals surface area contributed by atoms with Crippen LogP contribution in [0.1, 0.15) is 36.9 Å². The van der Waals surface area contributed by atoms with Gasteiger partial charge in [0.15, 0.2) is 17.1 Å². The van der Waals surface area contributed by atoms with Crippen LogP contribution < -0.4 is 14.8 Å². The van der Waals surface area contributed by atoms with Gasteiger partial charge in [-0.15, -0.1) is 10.2 Å². The number of amides is 1. The van der Waals surface area contributed by atoms with Crippen LogP contribution >= 0.6 is 23.4 Å². The quantitative estimate of drug-likeness (QED) is 0.421. The van der Waals surface area contributed by atoms with Gasteiger partial charge in [0.05, 0.1) is 18.0 Å². The fraction of sp³-hybridized carbons (Fsp3) is 0.348. The number of aryl methyl sites for hydroxylation is 2. The minimum atomic E-state index is -0.325. The number of ether oxygens (including phenoxy) is 2. The first kappa shape index (κ1) is 23.9. The van der Waals surface area contributed by atoms with Gasteiger partial charge >= 0.3 is 0 Å². The summed E-state index contributed by atoms with van der Waals surface area (Å²) in [6.45, 7) is 8.23. The molecule has 9 heteroatoms. The highest BCUT2D eigenvalue weighted by Crippen LogP contribution is 2.29. The number of aromatic nitrogens is 3. The molecular formula is C23H27ClN4O3S. The van der Waals surface area contributed by atoms with E-state index >= 15 is 0 Å². The molecule has 3 aromatic rings. The van der Waals surface area contributed by atoms with Gasteiger partial charge in [0.25, 0.3) is 0 Å². The third-order valence-electron chi connectivity index (χ3n) is 4.75. The van der Waals surface area contributed by atoms with Crippen LogP contribution in [0.2, 0.25) is 5.02 Å². The Hall–Kier alpha value is -2.71. The van der Waals surface area contributed by atoms with Crippen molar-refractivity contribution in [2.75, 3.05) is 17.7 Å². The molecule has 0 bridgehead atoms. The lowest BCUT2D eigenvalue weighted by Gasteiger charge is -2.16. The summed E-state index contributed by atoms with van der Waals surface area (Å²) in [5.74, 6) is 2.08. The van der Waals surface area contributed by atoms with Crippen LogP contribution in [-0.4, -0.2) is 33.0 Å². The summed E-state index contributed by atoms with van der Waals surface area (Å²) in [5, 5.41) is 12.7. The smallest absolute Gasteiger partial charge is 0.234 e. The summed E-state index contributed by atoms with van der Waals surface area (Å²) in [6, 6.07) is 11.2. The Morgan fingerprint density at radius 2 is 1.91 bits per heavy atom. The molecule has 0 saturated heterocycles. The first-order chi connectivity index (χ1) is 15.3. The molecule has 1 unspecified atom stereocenters. The monoisotopic (exact) mass is 474 g/mol. The molecule has 3 rings (SSSR count). The molecule has 32 heavy (non-hydrogen) atoms. The maximum atomic E-state index is 12.4. The van der Waals surface area contributed by atoms with Crippen molar-refractivity contribution in [3.8, 4) is 11.5 Å². The molecule has 1 atom stereocenters. The Morgan fingerprint density at radius 1 is 1.22 bits per heavy atom. The zero-order valence-corrected chi connectivity index (χ0v) is 20.4. The largest absolute Gasteiger partial charge is 0.492 e. The second kappa shape index (κ2) is 10.7. The van der Waals surface area contributed by atoms with Crippen LogP contribution in [0.15, 0.2) is 41.6 Å². The van der Waals surface area contributed by atoms with Gasteiger partial charge in [0, 0.05) is 12.1 Å². The maximum Gasteiger partial charge on any atom is 0.234 e. The van der Waals surface area contributed by atoms with Gasteiger partial charge in [0.2, 0.25) is 5.91 Å². The van der Waals surface area contributed by atoms with E-state index in [4.69, 9.17) is 21.1 Å². The Bertz CT molecular complexity index is 1080. The number of carbonyl (C=O) groups excluding carboxylic acids is 1. The maximum absolute atomic E-state index is 12.4. The number of hydrogen-bond donors (Lipinski definition) is 1. The van der Waals surface area contributed by atoms with Crippen LogP contribution in [0.4, 0.5) is 5.69 Å². The number of hydrogen-bond acceptors (Lipinski definition) is 6. The number of nitrogens with one attached hydrogen (secondary N) is 1. The van der Waals surface area contributed by atoms with E-state index in [0.717, 1.165) is 21.9 Å². The second-order valence-corrected chi connectivity index (χ2v) is 8.62. The molecular weight excluding hydrogens is 448 g/mol. The second-order valence-electron chi connectivity index (χ2n) is 7.30. The number of anilines is 1. The molecule has 1 N–H and O–H groups in total. The molecule has 0 radical (unpaired) electrons. The van der Waals surface area contributed by atoms with Crippen molar-refractivity contribution in [1.82, 2.24) is 14.8 Å². The first-order valence-corrected chi connectivity index (χ1v) is 11.6. The lowest BCUT2D eigenvalue weighted by atomic mass is 10.1. The van der Waals surface area contributed by atoms with Gasteiger partial charge in [-0.3, -0.25) is 4.79 Å². The van der Waals surface area contributed by atoms with Gasteiger partial charge < -0.3 is 19.4 Å². The summed E-state index contributed by atoms with van der Waals surface area (Å²) >= 11 is 7.55. The van der Waals surface area contributed by atoms with E-state index in [-0.39, 0.29) is 17.8 Å². The SMILES string of the molecule is CCOc1ccccc1NC(=O)CSc1nnc(C(C)Oc2cc(C)c(Cl)c(C)c2)n1C. The molecule has 0 aliphatic heterocycles. The van der Waals surface area contributed by atoms with Crippen molar-refractivity contribution in [2.45, 2.75) is 39.0 Å². The molecule has 1 aromatic heterocycles. The summed E-state index contributed by atoms with van der Waals surface area (Å²) in [7, 11) is 1.86. The number of nitrogens with zero attached hydrogens (tertiary/aromatic N) is 3. The minimum absolute atomic E-state index is 0.150. The highest BCUT2D eigenvalue weighted by atomic mass is 35.5. The molecule has 0 aliphatic rings. The molecule has 7 nitrogen and oxygen atoms in total. The number of thioether (sulfide) groups is 1. The standard InChI is InChI=1S/C23H27ClN4O3S/c1-6-30-19-10-8-7-9-18(19)25-20(29)13-32-23-27-26-22(28(23)5)16(4)31-17-11-14(2)21(24)15(3)12-17/h7-12,16H,6,13H2,1-5H3,(H,25,29). The molecule has 170 valence electrons. The fourth-order valence-corrected chi connectivity index (χ4v) is 4.03. The van der Waals surface area contributed by atoms with Gasteiger partial charge in [0.1, 0.15) is 11.5 Å². The summed E-state index contributed by atoms with van der Waals surface area (Å²) in [4.78, 5) is 12.4. The number of rotatable bonds is 9. The van der Waals surface area contributed by atoms with Gasteiger partial charge in [-0.25, -0.2) is 0 Å². The van der Waals surface area contributed by atoms with Crippen LogP contribution in [0.5, 0.6) is 11.5 Å². The lowest BCUT2D eigenvalue weighted by Crippen LogP contribution is -2.15. The van der Waals surface area contributed by atoms with Crippen molar-refractivity contribution < 1.29 is 14.3 Å². The van der Waals surface area contributed by atoms with Crippen molar-refractivity contribution in [3.63, 3.8) is 0 Å². The molecule has 0 saturated carbocycles. The average Bonchev–Trinajstić information content (AvgIpc) is 3.12.